The third-order valence-corrected chi connectivity index (χ3v) is 7.98. The molecule has 1 atom stereocenters. The maximum absolute atomic E-state index is 13.4. The second-order valence-corrected chi connectivity index (χ2v) is 10.00. The summed E-state index contributed by atoms with van der Waals surface area (Å²) in [6.07, 6.45) is 3.83. The molecule has 0 aromatic heterocycles. The molecule has 3 aromatic rings. The summed E-state index contributed by atoms with van der Waals surface area (Å²) >= 11 is 0. The van der Waals surface area contributed by atoms with E-state index in [-0.39, 0.29) is 16.5 Å². The van der Waals surface area contributed by atoms with Crippen LogP contribution in [0.25, 0.3) is 0 Å². The molecular weight excluding hydrogens is 410 g/mol. The molecule has 1 aliphatic heterocycles. The lowest BCUT2D eigenvalue weighted by Crippen LogP contribution is -2.35. The first-order valence-electron chi connectivity index (χ1n) is 10.5. The lowest BCUT2D eigenvalue weighted by molar-refractivity contribution is 0.0734. The zero-order valence-corrected chi connectivity index (χ0v) is 18.1. The van der Waals surface area contributed by atoms with E-state index in [0.717, 1.165) is 24.8 Å². The van der Waals surface area contributed by atoms with Gasteiger partial charge in [0.1, 0.15) is 5.75 Å². The first-order valence-corrected chi connectivity index (χ1v) is 11.9. The van der Waals surface area contributed by atoms with E-state index in [2.05, 4.69) is 0 Å². The topological polar surface area (TPSA) is 63.7 Å². The van der Waals surface area contributed by atoms with E-state index in [1.165, 1.54) is 27.6 Å². The van der Waals surface area contributed by atoms with Crippen molar-refractivity contribution in [2.75, 3.05) is 4.31 Å². The van der Waals surface area contributed by atoms with Crippen molar-refractivity contribution in [3.63, 3.8) is 0 Å². The minimum absolute atomic E-state index is 0.0828. The Morgan fingerprint density at radius 1 is 0.935 bits per heavy atom. The van der Waals surface area contributed by atoms with Crippen LogP contribution in [0.5, 0.6) is 5.75 Å². The number of benzene rings is 3. The van der Waals surface area contributed by atoms with Crippen LogP contribution in [0.1, 0.15) is 40.4 Å². The highest BCUT2D eigenvalue weighted by atomic mass is 32.2. The summed E-state index contributed by atoms with van der Waals surface area (Å²) in [6.45, 7) is 1.89. The summed E-state index contributed by atoms with van der Waals surface area (Å²) in [7, 11) is -3.81. The SMILES string of the molecule is C[C@@H]1Cc2ccccc2N1S(=O)(=O)c1cccc(C(=O)Oc2ccc3c(c2)CCC3)c1. The summed E-state index contributed by atoms with van der Waals surface area (Å²) in [5.74, 6) is -0.0779. The maximum Gasteiger partial charge on any atom is 0.343 e. The molecule has 1 heterocycles. The smallest absolute Gasteiger partial charge is 0.343 e. The van der Waals surface area contributed by atoms with E-state index in [1.54, 1.807) is 18.2 Å². The van der Waals surface area contributed by atoms with Gasteiger partial charge in [0.15, 0.2) is 0 Å². The molecule has 2 aliphatic rings. The quantitative estimate of drug-likeness (QED) is 0.448. The average Bonchev–Trinajstić information content (AvgIpc) is 3.36. The number of ether oxygens (including phenoxy) is 1. The number of hydrogen-bond acceptors (Lipinski definition) is 4. The van der Waals surface area contributed by atoms with E-state index >= 15 is 0 Å². The lowest BCUT2D eigenvalue weighted by atomic mass is 10.1. The van der Waals surface area contributed by atoms with Gasteiger partial charge in [0, 0.05) is 6.04 Å². The standard InChI is InChI=1S/C25H23NO4S/c1-17-14-20-6-2-3-11-24(20)26(17)31(28,29)23-10-5-9-21(16-23)25(27)30-22-13-12-18-7-4-8-19(18)15-22/h2-3,5-6,9-13,15-17H,4,7-8,14H2,1H3/t17-/m1/s1. The number of nitrogens with zero attached hydrogens (tertiary/aromatic N) is 1. The molecule has 5 nitrogen and oxygen atoms in total. The van der Waals surface area contributed by atoms with Crippen molar-refractivity contribution in [3.8, 4) is 5.75 Å². The molecule has 31 heavy (non-hydrogen) atoms. The molecule has 0 radical (unpaired) electrons. The molecule has 0 fully saturated rings. The van der Waals surface area contributed by atoms with E-state index in [4.69, 9.17) is 4.74 Å². The van der Waals surface area contributed by atoms with Crippen LogP contribution in [-0.4, -0.2) is 20.4 Å². The van der Waals surface area contributed by atoms with Crippen molar-refractivity contribution < 1.29 is 17.9 Å². The van der Waals surface area contributed by atoms with Crippen LogP contribution in [0.2, 0.25) is 0 Å². The molecule has 5 rings (SSSR count). The number of carbonyl (C=O) groups is 1. The Labute approximate surface area is 182 Å². The van der Waals surface area contributed by atoms with Crippen molar-refractivity contribution in [1.29, 1.82) is 0 Å². The van der Waals surface area contributed by atoms with Crippen molar-refractivity contribution in [2.24, 2.45) is 0 Å². The molecule has 3 aromatic carbocycles. The van der Waals surface area contributed by atoms with Crippen molar-refractivity contribution >= 4 is 21.7 Å². The zero-order valence-electron chi connectivity index (χ0n) is 17.2. The Hall–Kier alpha value is -3.12. The van der Waals surface area contributed by atoms with Gasteiger partial charge in [-0.1, -0.05) is 30.3 Å². The van der Waals surface area contributed by atoms with Crippen LogP contribution in [-0.2, 0) is 29.3 Å². The number of para-hydroxylation sites is 1. The van der Waals surface area contributed by atoms with Crippen molar-refractivity contribution in [3.05, 3.63) is 89.0 Å². The molecule has 1 aliphatic carbocycles. The van der Waals surface area contributed by atoms with Crippen LogP contribution in [0, 0.1) is 0 Å². The number of rotatable bonds is 4. The molecular formula is C25H23NO4S. The van der Waals surface area contributed by atoms with Gasteiger partial charge in [-0.3, -0.25) is 4.31 Å². The van der Waals surface area contributed by atoms with Gasteiger partial charge < -0.3 is 4.74 Å². The van der Waals surface area contributed by atoms with Gasteiger partial charge in [0.25, 0.3) is 10.0 Å². The average molecular weight is 434 g/mol. The second-order valence-electron chi connectivity index (χ2n) is 8.18. The van der Waals surface area contributed by atoms with E-state index in [0.29, 0.717) is 17.9 Å². The number of carbonyl (C=O) groups excluding carboxylic acids is 1. The predicted molar refractivity (Wildman–Crippen MR) is 119 cm³/mol. The van der Waals surface area contributed by atoms with Gasteiger partial charge in [-0.05, 0) is 85.7 Å². The molecule has 0 saturated carbocycles. The summed E-state index contributed by atoms with van der Waals surface area (Å²) in [6, 6.07) is 19.1. The monoisotopic (exact) mass is 433 g/mol. The number of aryl methyl sites for hydroxylation is 2. The van der Waals surface area contributed by atoms with E-state index < -0.39 is 16.0 Å². The molecule has 0 amide bonds. The van der Waals surface area contributed by atoms with Crippen LogP contribution in [0.4, 0.5) is 5.69 Å². The first-order chi connectivity index (χ1) is 14.9. The van der Waals surface area contributed by atoms with Gasteiger partial charge in [-0.25, -0.2) is 13.2 Å². The minimum Gasteiger partial charge on any atom is -0.423 e. The Morgan fingerprint density at radius 3 is 2.61 bits per heavy atom. The largest absolute Gasteiger partial charge is 0.423 e. The predicted octanol–water partition coefficient (Wildman–Crippen LogP) is 4.53. The summed E-state index contributed by atoms with van der Waals surface area (Å²) in [4.78, 5) is 12.8. The number of hydrogen-bond donors (Lipinski definition) is 0. The van der Waals surface area contributed by atoms with E-state index in [9.17, 15) is 13.2 Å². The fourth-order valence-corrected chi connectivity index (χ4v) is 6.32. The van der Waals surface area contributed by atoms with Crippen LogP contribution >= 0.6 is 0 Å². The molecule has 158 valence electrons. The van der Waals surface area contributed by atoms with Gasteiger partial charge in [-0.15, -0.1) is 0 Å². The summed E-state index contributed by atoms with van der Waals surface area (Å²) < 4.78 is 33.9. The van der Waals surface area contributed by atoms with Crippen LogP contribution in [0.3, 0.4) is 0 Å². The number of fused-ring (bicyclic) bond motifs is 2. The Kier molecular flexibility index (Phi) is 4.82. The fraction of sp³-hybridized carbons (Fsp3) is 0.240. The normalized spacial score (nSPS) is 17.3. The highest BCUT2D eigenvalue weighted by Gasteiger charge is 2.36. The van der Waals surface area contributed by atoms with Gasteiger partial charge in [0.05, 0.1) is 16.1 Å². The Balaban J connectivity index is 1.43. The number of esters is 1. The van der Waals surface area contributed by atoms with Gasteiger partial charge in [-0.2, -0.15) is 0 Å². The number of anilines is 1. The fourth-order valence-electron chi connectivity index (χ4n) is 4.58. The first kappa shape index (κ1) is 19.8. The molecule has 6 heteroatoms. The maximum atomic E-state index is 13.4. The Morgan fingerprint density at radius 2 is 1.74 bits per heavy atom. The van der Waals surface area contributed by atoms with Crippen LogP contribution in [0.15, 0.2) is 71.6 Å². The highest BCUT2D eigenvalue weighted by Crippen LogP contribution is 2.36. The molecule has 0 saturated heterocycles. The summed E-state index contributed by atoms with van der Waals surface area (Å²) in [5.41, 5.74) is 4.42. The Bertz CT molecular complexity index is 1280. The molecule has 0 unspecified atom stereocenters. The van der Waals surface area contributed by atoms with Crippen molar-refractivity contribution in [2.45, 2.75) is 43.5 Å². The molecule has 0 spiro atoms. The van der Waals surface area contributed by atoms with Gasteiger partial charge in [0.2, 0.25) is 0 Å². The second kappa shape index (κ2) is 7.54. The number of sulfonamides is 1. The molecule has 0 N–H and O–H groups in total. The highest BCUT2D eigenvalue weighted by molar-refractivity contribution is 7.92. The minimum atomic E-state index is -3.81. The van der Waals surface area contributed by atoms with Crippen molar-refractivity contribution in [1.82, 2.24) is 0 Å². The summed E-state index contributed by atoms with van der Waals surface area (Å²) in [5, 5.41) is 0. The van der Waals surface area contributed by atoms with E-state index in [1.807, 2.05) is 43.3 Å². The zero-order chi connectivity index (χ0) is 21.6. The van der Waals surface area contributed by atoms with Crippen LogP contribution < -0.4 is 9.04 Å². The third-order valence-electron chi connectivity index (χ3n) is 6.05. The van der Waals surface area contributed by atoms with Gasteiger partial charge >= 0.3 is 5.97 Å². The molecule has 0 bridgehead atoms. The third kappa shape index (κ3) is 3.51. The lowest BCUT2D eigenvalue weighted by Gasteiger charge is -2.24.